The number of hydrogen-bond acceptors (Lipinski definition) is 18. The van der Waals surface area contributed by atoms with Crippen molar-refractivity contribution in [3.05, 3.63) is 32.2 Å². The van der Waals surface area contributed by atoms with E-state index in [4.69, 9.17) is 18.9 Å². The van der Waals surface area contributed by atoms with Crippen LogP contribution in [0.25, 0.3) is 0 Å². The van der Waals surface area contributed by atoms with Crippen LogP contribution in [0.5, 0.6) is 0 Å². The number of ether oxygens (including phenoxy) is 4. The summed E-state index contributed by atoms with van der Waals surface area (Å²) in [5.74, 6) is -2.78. The number of aromatic nitrogens is 2. The molecular weight excluding hydrogens is 1080 g/mol. The molecule has 2 aromatic rings. The number of piperidine rings is 2. The maximum absolute atomic E-state index is 14.4. The van der Waals surface area contributed by atoms with Gasteiger partial charge in [0.1, 0.15) is 0 Å². The third-order valence-corrected chi connectivity index (χ3v) is 19.0. The van der Waals surface area contributed by atoms with E-state index in [-0.39, 0.29) is 146 Å². The number of methoxy groups -OCH3 is 2. The van der Waals surface area contributed by atoms with Gasteiger partial charge in [-0.3, -0.25) is 38.6 Å². The average molecular weight is 1190 g/mol. The molecule has 2 amide bonds. The van der Waals surface area contributed by atoms with Gasteiger partial charge in [0.15, 0.2) is 36.4 Å². The summed E-state index contributed by atoms with van der Waals surface area (Å²) >= 11 is 2.78. The lowest BCUT2D eigenvalue weighted by Crippen LogP contribution is -2.50. The van der Waals surface area contributed by atoms with Gasteiger partial charge in [0.25, 0.3) is 0 Å². The Hall–Kier alpha value is -4.66. The first-order chi connectivity index (χ1) is 38.9. The molecular formula is C62H102N6O12S2. The number of rotatable bonds is 32. The molecule has 2 saturated heterocycles. The van der Waals surface area contributed by atoms with Gasteiger partial charge >= 0.3 is 23.9 Å². The molecule has 10 atom stereocenters. The fourth-order valence-corrected chi connectivity index (χ4v) is 12.8. The van der Waals surface area contributed by atoms with Crippen LogP contribution in [0.15, 0.2) is 10.8 Å². The number of Topliss-reactive ketones (excluding diaryl/α,β-unsaturated/α-hetero) is 2. The Balaban J connectivity index is 0.000000430. The van der Waals surface area contributed by atoms with Crippen molar-refractivity contribution >= 4 is 69.9 Å². The highest BCUT2D eigenvalue weighted by atomic mass is 32.1. The molecule has 4 rings (SSSR count). The van der Waals surface area contributed by atoms with Crippen molar-refractivity contribution in [1.29, 1.82) is 0 Å². The summed E-state index contributed by atoms with van der Waals surface area (Å²) in [4.78, 5) is 121. The highest BCUT2D eigenvalue weighted by Crippen LogP contribution is 2.35. The van der Waals surface area contributed by atoms with Gasteiger partial charge in [-0.1, -0.05) is 109 Å². The molecule has 4 heterocycles. The van der Waals surface area contributed by atoms with E-state index in [1.807, 2.05) is 97.2 Å². The number of hydrogen-bond donors (Lipinski definition) is 0. The van der Waals surface area contributed by atoms with E-state index in [2.05, 4.69) is 19.8 Å². The highest BCUT2D eigenvalue weighted by Gasteiger charge is 2.41. The standard InChI is InChI=1S/2C31H51N3O6S/c2*1-9-13-28(36)40-19-34(26(20(3)4)16-22(6)29-32-24(18-41-29)31(38)39-8)30(37)23(21(5)10-2)17-27(35)25-14-11-12-15-33(25)7/h2*18,20-23,25-26H,9-17,19H2,1-8H3/t2*21-,22+,23-,25?,26+/m00/s1. The zero-order valence-electron chi connectivity index (χ0n) is 52.6. The van der Waals surface area contributed by atoms with Gasteiger partial charge < -0.3 is 28.7 Å². The third-order valence-electron chi connectivity index (χ3n) is 16.8. The number of thiazole rings is 2. The largest absolute Gasteiger partial charge is 0.464 e. The predicted octanol–water partition coefficient (Wildman–Crippen LogP) is 11.4. The summed E-state index contributed by atoms with van der Waals surface area (Å²) in [7, 11) is 6.63. The van der Waals surface area contributed by atoms with Crippen LogP contribution in [0, 0.1) is 35.5 Å². The van der Waals surface area contributed by atoms with Crippen molar-refractivity contribution < 1.29 is 57.3 Å². The minimum absolute atomic E-state index is 0.0130. The molecule has 0 N–H and O–H groups in total. The SMILES string of the molecule is CCCC(=O)OCN(C(=O)[C@@H](CC(=O)C1CCCCN1C)[C@@H](C)CC)[C@H](C[C@@H](C)c1nc(C(=O)OC)cs1)C(C)C.CCCC(=O)OCN(C(=O)[C@@H](CC(=O)C1CCCCN1C)[C@@H](C)CC)[C@H](C[C@@H](C)c1nc(C(=O)OC)cs1)C(C)C. The number of nitrogens with zero attached hydrogens (tertiary/aromatic N) is 6. The second kappa shape index (κ2) is 36.2. The van der Waals surface area contributed by atoms with Crippen molar-refractivity contribution in [2.75, 3.05) is 54.9 Å². The fourth-order valence-electron chi connectivity index (χ4n) is 11.1. The molecule has 0 radical (unpaired) electrons. The molecule has 0 saturated carbocycles. The fraction of sp³-hybridized carbons (Fsp3) is 0.774. The first-order valence-electron chi connectivity index (χ1n) is 30.3. The van der Waals surface area contributed by atoms with Crippen molar-refractivity contribution in [2.45, 2.75) is 222 Å². The Morgan fingerprint density at radius 3 is 1.22 bits per heavy atom. The lowest BCUT2D eigenvalue weighted by molar-refractivity contribution is -0.161. The Morgan fingerprint density at radius 1 is 0.573 bits per heavy atom. The molecule has 82 heavy (non-hydrogen) atoms. The van der Waals surface area contributed by atoms with Gasteiger partial charge in [0.05, 0.1) is 36.3 Å². The molecule has 0 aromatic carbocycles. The smallest absolute Gasteiger partial charge is 0.357 e. The van der Waals surface area contributed by atoms with Crippen LogP contribution in [0.1, 0.15) is 229 Å². The monoisotopic (exact) mass is 1190 g/mol. The molecule has 0 bridgehead atoms. The normalized spacial score (nSPS) is 18.8. The van der Waals surface area contributed by atoms with Gasteiger partial charge in [-0.05, 0) is 102 Å². The summed E-state index contributed by atoms with van der Waals surface area (Å²) in [6.45, 7) is 25.7. The second-order valence-electron chi connectivity index (χ2n) is 23.7. The lowest BCUT2D eigenvalue weighted by Gasteiger charge is -2.39. The average Bonchev–Trinajstić information content (AvgIpc) is 4.22. The number of likely N-dealkylation sites (tertiary alicyclic amines) is 2. The minimum atomic E-state index is -0.505. The van der Waals surface area contributed by atoms with E-state index in [0.29, 0.717) is 25.7 Å². The minimum Gasteiger partial charge on any atom is -0.464 e. The molecule has 2 aliphatic rings. The second-order valence-corrected chi connectivity index (χ2v) is 25.5. The summed E-state index contributed by atoms with van der Waals surface area (Å²) in [5, 5.41) is 4.93. The third kappa shape index (κ3) is 21.4. The van der Waals surface area contributed by atoms with E-state index in [9.17, 15) is 38.4 Å². The lowest BCUT2D eigenvalue weighted by atomic mass is 9.82. The van der Waals surface area contributed by atoms with Gasteiger partial charge in [0.2, 0.25) is 11.8 Å². The van der Waals surface area contributed by atoms with Crippen molar-refractivity contribution in [3.63, 3.8) is 0 Å². The quantitative estimate of drug-likeness (QED) is 0.0378. The molecule has 18 nitrogen and oxygen atoms in total. The highest BCUT2D eigenvalue weighted by molar-refractivity contribution is 7.10. The molecule has 2 aliphatic heterocycles. The molecule has 20 heteroatoms. The van der Waals surface area contributed by atoms with E-state index in [1.54, 1.807) is 20.6 Å². The van der Waals surface area contributed by atoms with Crippen LogP contribution in [0.3, 0.4) is 0 Å². The van der Waals surface area contributed by atoms with Crippen LogP contribution in [0.4, 0.5) is 0 Å². The molecule has 464 valence electrons. The Bertz CT molecular complexity index is 2180. The summed E-state index contributed by atoms with van der Waals surface area (Å²) in [6.07, 6.45) is 10.7. The van der Waals surface area contributed by atoms with Crippen molar-refractivity contribution in [3.8, 4) is 0 Å². The van der Waals surface area contributed by atoms with E-state index in [1.165, 1.54) is 36.9 Å². The van der Waals surface area contributed by atoms with Gasteiger partial charge in [0, 0.05) is 72.2 Å². The topological polar surface area (TPSA) is 212 Å². The Labute approximate surface area is 498 Å². The number of carbonyl (C=O) groups excluding carboxylic acids is 8. The number of ketones is 2. The number of likely N-dealkylation sites (N-methyl/N-ethyl adjacent to an activating group) is 2. The number of esters is 4. The Kier molecular flexibility index (Phi) is 31.6. The van der Waals surface area contributed by atoms with Gasteiger partial charge in [-0.25, -0.2) is 19.6 Å². The van der Waals surface area contributed by atoms with Gasteiger partial charge in [-0.2, -0.15) is 0 Å². The first kappa shape index (κ1) is 71.6. The maximum atomic E-state index is 14.4. The van der Waals surface area contributed by atoms with Crippen LogP contribution in [0.2, 0.25) is 0 Å². The number of amides is 2. The summed E-state index contributed by atoms with van der Waals surface area (Å²) < 4.78 is 20.9. The zero-order valence-corrected chi connectivity index (χ0v) is 54.3. The van der Waals surface area contributed by atoms with Crippen molar-refractivity contribution in [1.82, 2.24) is 29.6 Å². The molecule has 2 fully saturated rings. The molecule has 0 aliphatic carbocycles. The summed E-state index contributed by atoms with van der Waals surface area (Å²) in [6, 6.07) is -0.852. The maximum Gasteiger partial charge on any atom is 0.357 e. The zero-order chi connectivity index (χ0) is 61.4. The van der Waals surface area contributed by atoms with E-state index >= 15 is 0 Å². The van der Waals surface area contributed by atoms with Gasteiger partial charge in [-0.15, -0.1) is 22.7 Å². The molecule has 2 unspecified atom stereocenters. The van der Waals surface area contributed by atoms with Crippen molar-refractivity contribution in [2.24, 2.45) is 35.5 Å². The summed E-state index contributed by atoms with van der Waals surface area (Å²) in [5.41, 5.74) is 0.537. The molecule has 0 spiro atoms. The van der Waals surface area contributed by atoms with E-state index < -0.39 is 23.8 Å². The van der Waals surface area contributed by atoms with Crippen LogP contribution in [-0.2, 0) is 47.7 Å². The van der Waals surface area contributed by atoms with Crippen LogP contribution < -0.4 is 0 Å². The predicted molar refractivity (Wildman–Crippen MR) is 321 cm³/mol. The van der Waals surface area contributed by atoms with Crippen LogP contribution >= 0.6 is 22.7 Å². The van der Waals surface area contributed by atoms with Crippen LogP contribution in [-0.4, -0.2) is 156 Å². The first-order valence-corrected chi connectivity index (χ1v) is 32.1. The molecule has 2 aromatic heterocycles. The Morgan fingerprint density at radius 2 is 0.927 bits per heavy atom. The number of carbonyl (C=O) groups is 8. The van der Waals surface area contributed by atoms with E-state index in [0.717, 1.165) is 74.5 Å².